The first-order chi connectivity index (χ1) is 17.1. The van der Waals surface area contributed by atoms with E-state index in [1.54, 1.807) is 43.5 Å². The number of methoxy groups -OCH3 is 1. The maximum absolute atomic E-state index is 12.5. The zero-order valence-electron chi connectivity index (χ0n) is 19.3. The molecule has 0 saturated heterocycles. The van der Waals surface area contributed by atoms with E-state index in [0.29, 0.717) is 40.6 Å². The van der Waals surface area contributed by atoms with Crippen LogP contribution in [0.4, 0.5) is 0 Å². The van der Waals surface area contributed by atoms with E-state index in [1.165, 1.54) is 6.21 Å². The molecule has 8 nitrogen and oxygen atoms in total. The molecule has 0 saturated carbocycles. The summed E-state index contributed by atoms with van der Waals surface area (Å²) in [5, 5.41) is 14.0. The number of furan rings is 1. The smallest absolute Gasteiger partial charge is 0.307 e. The number of rotatable bonds is 9. The monoisotopic (exact) mass is 469 g/mol. The largest absolute Gasteiger partial charge is 0.493 e. The number of hydrogen-bond donors (Lipinski definition) is 1. The van der Waals surface area contributed by atoms with Crippen LogP contribution in [0, 0.1) is 11.3 Å². The molecule has 0 aliphatic heterocycles. The van der Waals surface area contributed by atoms with Crippen LogP contribution in [-0.4, -0.2) is 25.8 Å². The van der Waals surface area contributed by atoms with Crippen LogP contribution >= 0.6 is 0 Å². The van der Waals surface area contributed by atoms with Gasteiger partial charge in [-0.25, -0.2) is 5.43 Å². The first-order valence-electron chi connectivity index (χ1n) is 10.9. The Kier molecular flexibility index (Phi) is 7.28. The van der Waals surface area contributed by atoms with E-state index in [2.05, 4.69) is 16.6 Å². The van der Waals surface area contributed by atoms with Crippen molar-refractivity contribution in [1.29, 1.82) is 5.26 Å². The van der Waals surface area contributed by atoms with Gasteiger partial charge in [-0.05, 0) is 48.9 Å². The summed E-state index contributed by atoms with van der Waals surface area (Å²) in [5.41, 5.74) is 5.01. The lowest BCUT2D eigenvalue weighted by Gasteiger charge is -2.13. The van der Waals surface area contributed by atoms with Crippen LogP contribution in [0.2, 0.25) is 0 Å². The molecular weight excluding hydrogens is 446 g/mol. The van der Waals surface area contributed by atoms with Crippen molar-refractivity contribution in [2.45, 2.75) is 13.5 Å². The molecule has 1 N–H and O–H groups in total. The van der Waals surface area contributed by atoms with Crippen LogP contribution in [0.3, 0.4) is 0 Å². The molecule has 1 heterocycles. The number of fused-ring (bicyclic) bond motifs is 1. The number of nitrogens with one attached hydrogen (secondary N) is 1. The summed E-state index contributed by atoms with van der Waals surface area (Å²) < 4.78 is 22.5. The summed E-state index contributed by atoms with van der Waals surface area (Å²) in [6.45, 7) is 2.55. The minimum absolute atomic E-state index is 0.123. The molecule has 0 fully saturated rings. The second kappa shape index (κ2) is 10.9. The second-order valence-corrected chi connectivity index (χ2v) is 7.39. The van der Waals surface area contributed by atoms with Crippen LogP contribution < -0.4 is 19.6 Å². The van der Waals surface area contributed by atoms with E-state index in [4.69, 9.17) is 18.6 Å². The van der Waals surface area contributed by atoms with Gasteiger partial charge in [-0.15, -0.1) is 0 Å². The fourth-order valence-electron chi connectivity index (χ4n) is 3.43. The zero-order valence-corrected chi connectivity index (χ0v) is 19.3. The lowest BCUT2D eigenvalue weighted by molar-refractivity contribution is 0.0929. The van der Waals surface area contributed by atoms with Gasteiger partial charge < -0.3 is 18.6 Å². The van der Waals surface area contributed by atoms with Gasteiger partial charge in [0, 0.05) is 10.9 Å². The average molecular weight is 469 g/mol. The number of nitrogens with zero attached hydrogens (tertiary/aromatic N) is 2. The maximum atomic E-state index is 12.5. The molecule has 35 heavy (non-hydrogen) atoms. The van der Waals surface area contributed by atoms with Gasteiger partial charge in [0.05, 0.1) is 31.6 Å². The molecule has 0 spiro atoms. The van der Waals surface area contributed by atoms with Crippen LogP contribution in [0.25, 0.3) is 11.0 Å². The molecule has 176 valence electrons. The predicted molar refractivity (Wildman–Crippen MR) is 131 cm³/mol. The molecule has 0 radical (unpaired) electrons. The van der Waals surface area contributed by atoms with Crippen molar-refractivity contribution in [1.82, 2.24) is 5.43 Å². The molecule has 4 rings (SSSR count). The fraction of sp³-hybridized carbons (Fsp3) is 0.148. The molecule has 8 heteroatoms. The molecule has 1 amide bonds. The molecule has 0 aliphatic rings. The van der Waals surface area contributed by atoms with Crippen molar-refractivity contribution >= 4 is 23.1 Å². The number of hydrazone groups is 1. The summed E-state index contributed by atoms with van der Waals surface area (Å²) in [6, 6.07) is 21.8. The number of nitriles is 1. The number of ether oxygens (including phenoxy) is 3. The van der Waals surface area contributed by atoms with E-state index < -0.39 is 5.91 Å². The number of amides is 1. The lowest BCUT2D eigenvalue weighted by Crippen LogP contribution is -2.16. The van der Waals surface area contributed by atoms with Gasteiger partial charge in [0.15, 0.2) is 28.6 Å². The van der Waals surface area contributed by atoms with Gasteiger partial charge >= 0.3 is 5.91 Å². The molecule has 0 atom stereocenters. The van der Waals surface area contributed by atoms with Crippen LogP contribution in [0.1, 0.15) is 34.2 Å². The van der Waals surface area contributed by atoms with Crippen molar-refractivity contribution < 1.29 is 23.4 Å². The molecule has 4 aromatic rings. The minimum Gasteiger partial charge on any atom is -0.493 e. The highest BCUT2D eigenvalue weighted by atomic mass is 16.5. The highest BCUT2D eigenvalue weighted by molar-refractivity contribution is 5.97. The Morgan fingerprint density at radius 2 is 1.91 bits per heavy atom. The van der Waals surface area contributed by atoms with Crippen molar-refractivity contribution in [2.24, 2.45) is 5.10 Å². The second-order valence-electron chi connectivity index (χ2n) is 7.39. The van der Waals surface area contributed by atoms with E-state index >= 15 is 0 Å². The fourth-order valence-corrected chi connectivity index (χ4v) is 3.43. The van der Waals surface area contributed by atoms with E-state index in [0.717, 1.165) is 10.9 Å². The predicted octanol–water partition coefficient (Wildman–Crippen LogP) is 5.05. The highest BCUT2D eigenvalue weighted by Gasteiger charge is 2.14. The van der Waals surface area contributed by atoms with Gasteiger partial charge in [-0.1, -0.05) is 30.3 Å². The summed E-state index contributed by atoms with van der Waals surface area (Å²) in [7, 11) is 1.54. The third kappa shape index (κ3) is 5.42. The van der Waals surface area contributed by atoms with Crippen LogP contribution in [-0.2, 0) is 6.61 Å². The van der Waals surface area contributed by atoms with Gasteiger partial charge in [-0.3, -0.25) is 4.79 Å². The zero-order chi connectivity index (χ0) is 24.6. The summed E-state index contributed by atoms with van der Waals surface area (Å²) in [6.07, 6.45) is 1.50. The third-order valence-corrected chi connectivity index (χ3v) is 5.12. The molecule has 0 bridgehead atoms. The van der Waals surface area contributed by atoms with Gasteiger partial charge in [0.2, 0.25) is 0 Å². The molecule has 0 aliphatic carbocycles. The lowest BCUT2D eigenvalue weighted by atomic mass is 10.1. The Morgan fingerprint density at radius 1 is 1.06 bits per heavy atom. The molecule has 3 aromatic carbocycles. The average Bonchev–Trinajstić information content (AvgIpc) is 3.33. The van der Waals surface area contributed by atoms with Gasteiger partial charge in [0.1, 0.15) is 6.61 Å². The summed E-state index contributed by atoms with van der Waals surface area (Å²) in [5.74, 6) is 1.25. The van der Waals surface area contributed by atoms with Crippen molar-refractivity contribution in [3.63, 3.8) is 0 Å². The van der Waals surface area contributed by atoms with Crippen molar-refractivity contribution in [3.8, 4) is 23.3 Å². The molecule has 1 aromatic heterocycles. The Bertz CT molecular complexity index is 1420. The standard InChI is InChI=1S/C27H23N3O5/c1-3-33-24-13-18(11-12-22(24)34-17-21-8-5-4-7-20(21)15-28)16-29-30-27(31)25-14-19-9-6-10-23(32-2)26(19)35-25/h4-14,16H,3,17H2,1-2H3,(H,30,31)/b29-16-. The van der Waals surface area contributed by atoms with E-state index in [-0.39, 0.29) is 12.4 Å². The quantitative estimate of drug-likeness (QED) is 0.271. The Labute approximate surface area is 202 Å². The first-order valence-corrected chi connectivity index (χ1v) is 10.9. The summed E-state index contributed by atoms with van der Waals surface area (Å²) in [4.78, 5) is 12.5. The molecular formula is C27H23N3O5. The topological polar surface area (TPSA) is 106 Å². The Hall–Kier alpha value is -4.77. The molecule has 0 unspecified atom stereocenters. The van der Waals surface area contributed by atoms with Gasteiger partial charge in [-0.2, -0.15) is 10.4 Å². The van der Waals surface area contributed by atoms with E-state index in [9.17, 15) is 10.1 Å². The number of hydrogen-bond acceptors (Lipinski definition) is 7. The third-order valence-electron chi connectivity index (χ3n) is 5.12. The minimum atomic E-state index is -0.486. The number of carbonyl (C=O) groups excluding carboxylic acids is 1. The van der Waals surface area contributed by atoms with Crippen LogP contribution in [0.15, 0.2) is 76.2 Å². The van der Waals surface area contributed by atoms with Crippen molar-refractivity contribution in [2.75, 3.05) is 13.7 Å². The number of benzene rings is 3. The maximum Gasteiger partial charge on any atom is 0.307 e. The SMILES string of the molecule is CCOc1cc(/C=N\NC(=O)c2cc3cccc(OC)c3o2)ccc1OCc1ccccc1C#N. The van der Waals surface area contributed by atoms with Crippen molar-refractivity contribution in [3.05, 3.63) is 89.2 Å². The Balaban J connectivity index is 1.44. The Morgan fingerprint density at radius 3 is 2.71 bits per heavy atom. The number of para-hydroxylation sites is 1. The normalized spacial score (nSPS) is 10.8. The van der Waals surface area contributed by atoms with Crippen LogP contribution in [0.5, 0.6) is 17.2 Å². The highest BCUT2D eigenvalue weighted by Crippen LogP contribution is 2.30. The first kappa shape index (κ1) is 23.4. The van der Waals surface area contributed by atoms with E-state index in [1.807, 2.05) is 37.3 Å². The summed E-state index contributed by atoms with van der Waals surface area (Å²) >= 11 is 0. The number of carbonyl (C=O) groups is 1. The van der Waals surface area contributed by atoms with Gasteiger partial charge in [0.25, 0.3) is 0 Å².